The molecule has 6 rings (SSSR count). The Labute approximate surface area is 233 Å². The second-order valence-electron chi connectivity index (χ2n) is 11.7. The van der Waals surface area contributed by atoms with Crippen molar-refractivity contribution < 1.29 is 19.0 Å². The van der Waals surface area contributed by atoms with Crippen molar-refractivity contribution in [2.45, 2.75) is 64.6 Å². The number of amides is 1. The fourth-order valence-corrected chi connectivity index (χ4v) is 5.92. The molecule has 40 heavy (non-hydrogen) atoms. The lowest BCUT2D eigenvalue weighted by Gasteiger charge is -2.36. The SMILES string of the molecule is CC(C)(C)OC(=O)Nc1ccc(-c2nn(CCN3CCC(N4CCCC4)CC3)c3ncnc(N)c23)c2c1OCO2. The van der Waals surface area contributed by atoms with Crippen LogP contribution in [0.25, 0.3) is 22.3 Å². The highest BCUT2D eigenvalue weighted by Crippen LogP contribution is 2.47. The molecule has 0 saturated carbocycles. The lowest BCUT2D eigenvalue weighted by Crippen LogP contribution is -2.44. The van der Waals surface area contributed by atoms with Gasteiger partial charge in [0.05, 0.1) is 17.6 Å². The number of piperidine rings is 1. The topological polar surface area (TPSA) is 133 Å². The van der Waals surface area contributed by atoms with Gasteiger partial charge in [0, 0.05) is 18.2 Å². The highest BCUT2D eigenvalue weighted by atomic mass is 16.7. The number of likely N-dealkylation sites (tertiary alicyclic amines) is 2. The number of hydrogen-bond donors (Lipinski definition) is 2. The van der Waals surface area contributed by atoms with Gasteiger partial charge in [-0.05, 0) is 84.8 Å². The van der Waals surface area contributed by atoms with Crippen LogP contribution < -0.4 is 20.5 Å². The number of carbonyl (C=O) groups excluding carboxylic acids is 1. The minimum Gasteiger partial charge on any atom is -0.453 e. The molecule has 0 spiro atoms. The molecule has 0 unspecified atom stereocenters. The average molecular weight is 551 g/mol. The van der Waals surface area contributed by atoms with Gasteiger partial charge in [-0.25, -0.2) is 19.4 Å². The number of ether oxygens (including phenoxy) is 3. The zero-order valence-electron chi connectivity index (χ0n) is 23.5. The molecule has 1 amide bonds. The van der Waals surface area contributed by atoms with E-state index in [0.717, 1.165) is 25.7 Å². The Bertz CT molecular complexity index is 1390. The first-order valence-electron chi connectivity index (χ1n) is 14.1. The van der Waals surface area contributed by atoms with E-state index >= 15 is 0 Å². The van der Waals surface area contributed by atoms with E-state index in [1.165, 1.54) is 45.1 Å². The van der Waals surface area contributed by atoms with E-state index in [2.05, 4.69) is 25.1 Å². The Morgan fingerprint density at radius 2 is 1.82 bits per heavy atom. The van der Waals surface area contributed by atoms with Crippen LogP contribution in [0.4, 0.5) is 16.3 Å². The highest BCUT2D eigenvalue weighted by Gasteiger charge is 2.30. The van der Waals surface area contributed by atoms with Crippen LogP contribution in [-0.2, 0) is 11.3 Å². The number of rotatable bonds is 6. The van der Waals surface area contributed by atoms with Crippen molar-refractivity contribution in [1.82, 2.24) is 29.5 Å². The van der Waals surface area contributed by atoms with E-state index in [1.54, 1.807) is 6.07 Å². The molecule has 2 fully saturated rings. The van der Waals surface area contributed by atoms with Crippen LogP contribution >= 0.6 is 0 Å². The number of anilines is 2. The number of nitrogens with two attached hydrogens (primary N) is 1. The van der Waals surface area contributed by atoms with Gasteiger partial charge in [-0.2, -0.15) is 5.10 Å². The van der Waals surface area contributed by atoms with Gasteiger partial charge < -0.3 is 29.7 Å². The fraction of sp³-hybridized carbons (Fsp3) is 0.571. The van der Waals surface area contributed by atoms with Crippen LogP contribution in [0, 0.1) is 0 Å². The first-order valence-corrected chi connectivity index (χ1v) is 14.1. The van der Waals surface area contributed by atoms with E-state index in [-0.39, 0.29) is 6.79 Å². The summed E-state index contributed by atoms with van der Waals surface area (Å²) in [5.74, 6) is 1.25. The molecule has 2 aromatic heterocycles. The third kappa shape index (κ3) is 5.37. The highest BCUT2D eigenvalue weighted by molar-refractivity contribution is 6.01. The van der Waals surface area contributed by atoms with Gasteiger partial charge in [0.25, 0.3) is 0 Å². The predicted octanol–water partition coefficient (Wildman–Crippen LogP) is 3.71. The molecule has 0 bridgehead atoms. The van der Waals surface area contributed by atoms with E-state index in [0.29, 0.717) is 51.8 Å². The largest absolute Gasteiger partial charge is 0.453 e. The summed E-state index contributed by atoms with van der Waals surface area (Å²) >= 11 is 0. The molecule has 12 heteroatoms. The molecule has 0 radical (unpaired) electrons. The zero-order chi connectivity index (χ0) is 27.9. The Kier molecular flexibility index (Phi) is 7.13. The first kappa shape index (κ1) is 26.6. The average Bonchev–Trinajstić information content (AvgIpc) is 3.68. The smallest absolute Gasteiger partial charge is 0.412 e. The molecule has 5 heterocycles. The Morgan fingerprint density at radius 3 is 2.58 bits per heavy atom. The molecule has 3 aromatic rings. The maximum Gasteiger partial charge on any atom is 0.412 e. The summed E-state index contributed by atoms with van der Waals surface area (Å²) in [6.07, 6.45) is 6.00. The second kappa shape index (κ2) is 10.7. The molecule has 0 atom stereocenters. The summed E-state index contributed by atoms with van der Waals surface area (Å²) in [6.45, 7) is 11.7. The quantitative estimate of drug-likeness (QED) is 0.468. The Morgan fingerprint density at radius 1 is 1.07 bits per heavy atom. The van der Waals surface area contributed by atoms with Crippen molar-refractivity contribution in [2.24, 2.45) is 0 Å². The van der Waals surface area contributed by atoms with Crippen molar-refractivity contribution in [2.75, 3.05) is 50.6 Å². The molecule has 3 aliphatic heterocycles. The molecule has 3 aliphatic rings. The van der Waals surface area contributed by atoms with Gasteiger partial charge >= 0.3 is 6.09 Å². The molecule has 214 valence electrons. The Balaban J connectivity index is 1.23. The van der Waals surface area contributed by atoms with Crippen molar-refractivity contribution >= 4 is 28.6 Å². The summed E-state index contributed by atoms with van der Waals surface area (Å²) < 4.78 is 18.9. The van der Waals surface area contributed by atoms with E-state index < -0.39 is 11.7 Å². The summed E-state index contributed by atoms with van der Waals surface area (Å²) in [5.41, 5.74) is 8.17. The number of nitrogen functional groups attached to an aromatic ring is 1. The number of nitrogens with zero attached hydrogens (tertiary/aromatic N) is 6. The van der Waals surface area contributed by atoms with Gasteiger partial charge in [-0.3, -0.25) is 5.32 Å². The van der Waals surface area contributed by atoms with Crippen molar-refractivity contribution in [1.29, 1.82) is 0 Å². The maximum atomic E-state index is 12.4. The van der Waals surface area contributed by atoms with Crippen LogP contribution in [0.15, 0.2) is 18.5 Å². The van der Waals surface area contributed by atoms with Crippen LogP contribution in [0.1, 0.15) is 46.5 Å². The molecule has 0 aliphatic carbocycles. The van der Waals surface area contributed by atoms with Gasteiger partial charge in [-0.1, -0.05) is 0 Å². The van der Waals surface area contributed by atoms with Crippen LogP contribution in [-0.4, -0.2) is 86.8 Å². The fourth-order valence-electron chi connectivity index (χ4n) is 5.92. The summed E-state index contributed by atoms with van der Waals surface area (Å²) in [6, 6.07) is 4.31. The van der Waals surface area contributed by atoms with Crippen LogP contribution in [0.3, 0.4) is 0 Å². The van der Waals surface area contributed by atoms with Crippen LogP contribution in [0.2, 0.25) is 0 Å². The number of benzene rings is 1. The summed E-state index contributed by atoms with van der Waals surface area (Å²) in [4.78, 5) is 26.4. The van der Waals surface area contributed by atoms with E-state index in [4.69, 9.17) is 25.0 Å². The predicted molar refractivity (Wildman–Crippen MR) is 151 cm³/mol. The normalized spacial score (nSPS) is 18.5. The van der Waals surface area contributed by atoms with Crippen molar-refractivity contribution in [3.63, 3.8) is 0 Å². The minimum absolute atomic E-state index is 0.0212. The van der Waals surface area contributed by atoms with Gasteiger partial charge in [0.2, 0.25) is 6.79 Å². The van der Waals surface area contributed by atoms with E-state index in [1.807, 2.05) is 31.5 Å². The van der Waals surface area contributed by atoms with Crippen molar-refractivity contribution in [3.05, 3.63) is 18.5 Å². The molecule has 1 aromatic carbocycles. The lowest BCUT2D eigenvalue weighted by molar-refractivity contribution is 0.0635. The zero-order valence-corrected chi connectivity index (χ0v) is 23.5. The number of nitrogens with one attached hydrogen (secondary N) is 1. The van der Waals surface area contributed by atoms with Crippen LogP contribution in [0.5, 0.6) is 11.5 Å². The van der Waals surface area contributed by atoms with Gasteiger partial charge in [-0.15, -0.1) is 0 Å². The first-order chi connectivity index (χ1) is 19.3. The standard InChI is InChI=1S/C28H38N8O4/c1-28(2,3)40-27(37)32-20-7-6-19(23-24(20)39-17-38-23)22-21-25(29)30-16-31-26(21)36(33-22)15-14-34-12-8-18(9-13-34)35-10-4-5-11-35/h6-7,16,18H,4-5,8-15,17H2,1-3H3,(H,32,37)(H2,29,30,31). The number of hydrogen-bond acceptors (Lipinski definition) is 10. The number of carbonyl (C=O) groups is 1. The van der Waals surface area contributed by atoms with E-state index in [9.17, 15) is 4.79 Å². The maximum absolute atomic E-state index is 12.4. The molecular formula is C28H38N8O4. The summed E-state index contributed by atoms with van der Waals surface area (Å²) in [7, 11) is 0. The van der Waals surface area contributed by atoms with Crippen molar-refractivity contribution in [3.8, 4) is 22.8 Å². The number of aromatic nitrogens is 4. The van der Waals surface area contributed by atoms with Gasteiger partial charge in [0.15, 0.2) is 17.1 Å². The monoisotopic (exact) mass is 550 g/mol. The number of fused-ring (bicyclic) bond motifs is 2. The minimum atomic E-state index is -0.627. The Hall–Kier alpha value is -3.64. The second-order valence-corrected chi connectivity index (χ2v) is 11.7. The molecule has 3 N–H and O–H groups in total. The molecular weight excluding hydrogens is 512 g/mol. The third-order valence-corrected chi connectivity index (χ3v) is 7.81. The molecule has 12 nitrogen and oxygen atoms in total. The summed E-state index contributed by atoms with van der Waals surface area (Å²) in [5, 5.41) is 8.38. The molecule has 2 saturated heterocycles. The van der Waals surface area contributed by atoms with Gasteiger partial charge in [0.1, 0.15) is 23.4 Å². The lowest BCUT2D eigenvalue weighted by atomic mass is 10.0. The third-order valence-electron chi connectivity index (χ3n) is 7.81.